The van der Waals surface area contributed by atoms with Crippen LogP contribution in [-0.2, 0) is 51.0 Å². The molecule has 0 aliphatic carbocycles. The maximum absolute atomic E-state index is 12.7. The summed E-state index contributed by atoms with van der Waals surface area (Å²) in [7, 11) is -1.82. The summed E-state index contributed by atoms with van der Waals surface area (Å²) >= 11 is 0. The van der Waals surface area contributed by atoms with E-state index >= 15 is 0 Å². The topological polar surface area (TPSA) is 152 Å². The van der Waals surface area contributed by atoms with E-state index in [9.17, 15) is 34.8 Å². The van der Waals surface area contributed by atoms with Crippen molar-refractivity contribution in [2.45, 2.75) is 43.9 Å². The Labute approximate surface area is 206 Å². The number of ether oxygens (including phenoxy) is 1. The van der Waals surface area contributed by atoms with Gasteiger partial charge in [-0.15, -0.1) is 0 Å². The number of sulfonamides is 1. The molecule has 3 rings (SSSR count). The van der Waals surface area contributed by atoms with Crippen LogP contribution in [0, 0.1) is 0 Å². The fraction of sp³-hybridized carbons (Fsp3) is 0.474. The summed E-state index contributed by atoms with van der Waals surface area (Å²) in [5.74, 6) is -5.51. The van der Waals surface area contributed by atoms with Crippen molar-refractivity contribution in [3.05, 3.63) is 41.6 Å². The van der Waals surface area contributed by atoms with Gasteiger partial charge in [0.05, 0.1) is 12.9 Å². The number of alkyl halides is 6. The number of rotatable bonds is 5. The summed E-state index contributed by atoms with van der Waals surface area (Å²) in [5, 5.41) is 14.3. The fourth-order valence-corrected chi connectivity index (χ4v) is 4.12. The van der Waals surface area contributed by atoms with Crippen LogP contribution in [0.15, 0.2) is 29.9 Å². The van der Waals surface area contributed by atoms with Crippen LogP contribution < -0.4 is 0 Å². The van der Waals surface area contributed by atoms with E-state index in [0.29, 0.717) is 32.7 Å². The number of halogens is 6. The molecule has 0 saturated heterocycles. The Morgan fingerprint density at radius 2 is 1.62 bits per heavy atom. The summed E-state index contributed by atoms with van der Waals surface area (Å²) in [6.45, 7) is 3.86. The Bertz CT molecular complexity index is 1160. The summed E-state index contributed by atoms with van der Waals surface area (Å²) in [5.41, 5.74) is 3.13. The van der Waals surface area contributed by atoms with E-state index < -0.39 is 34.3 Å². The predicted octanol–water partition coefficient (Wildman–Crippen LogP) is 2.37. The van der Waals surface area contributed by atoms with Crippen LogP contribution in [0.2, 0.25) is 0 Å². The molecule has 0 atom stereocenters. The number of nitrogens with zero attached hydrogens (tertiary/aromatic N) is 4. The molecule has 0 radical (unpaired) electrons. The van der Waals surface area contributed by atoms with Crippen LogP contribution in [-0.4, -0.2) is 74.9 Å². The molecule has 11 nitrogen and oxygen atoms in total. The predicted molar refractivity (Wildman–Crippen MR) is 111 cm³/mol. The normalized spacial score (nSPS) is 13.9. The first kappa shape index (κ1) is 31.8. The van der Waals surface area contributed by atoms with Gasteiger partial charge in [-0.1, -0.05) is 0 Å². The number of aromatic nitrogens is 3. The van der Waals surface area contributed by atoms with E-state index in [1.54, 1.807) is 24.0 Å². The molecule has 0 saturated carbocycles. The monoisotopic (exact) mass is 564 g/mol. The van der Waals surface area contributed by atoms with Crippen LogP contribution in [0.3, 0.4) is 0 Å². The number of aryl methyl sites for hydroxylation is 1. The molecule has 2 aromatic rings. The number of hydrogen-bond acceptors (Lipinski definition) is 7. The van der Waals surface area contributed by atoms with E-state index in [2.05, 4.69) is 9.97 Å². The van der Waals surface area contributed by atoms with E-state index in [1.807, 2.05) is 6.92 Å². The Kier molecular flexibility index (Phi) is 11.0. The number of carbonyl (C=O) groups is 2. The summed E-state index contributed by atoms with van der Waals surface area (Å²) in [6.07, 6.45) is -2.95. The first-order valence-electron chi connectivity index (χ1n) is 10.0. The summed E-state index contributed by atoms with van der Waals surface area (Å²) in [6, 6.07) is 0. The molecule has 18 heteroatoms. The zero-order chi connectivity index (χ0) is 28.6. The first-order chi connectivity index (χ1) is 16.9. The van der Waals surface area contributed by atoms with Gasteiger partial charge in [0.1, 0.15) is 0 Å². The van der Waals surface area contributed by atoms with Crippen LogP contribution in [0.1, 0.15) is 23.6 Å². The zero-order valence-electron chi connectivity index (χ0n) is 19.2. The zero-order valence-corrected chi connectivity index (χ0v) is 20.1. The smallest absolute Gasteiger partial charge is 0.475 e. The molecule has 1 aliphatic heterocycles. The standard InChI is InChI=1S/C15H20N4O3S.2C2HF3O2/c1-3-22-10-13-7-16-6-12-8-19(5-4-14(12)13)23(20,21)15-9-18(2)11-17-15;2*3-2(4,5)1(6)7/h6-7,9,11H,3-5,8,10H2,1-2H3;2*(H,6,7). The lowest BCUT2D eigenvalue weighted by Gasteiger charge is -2.28. The Morgan fingerprint density at radius 3 is 2.05 bits per heavy atom. The molecule has 0 fully saturated rings. The lowest BCUT2D eigenvalue weighted by Crippen LogP contribution is -2.36. The highest BCUT2D eigenvalue weighted by atomic mass is 32.2. The van der Waals surface area contributed by atoms with Gasteiger partial charge >= 0.3 is 24.3 Å². The number of fused-ring (bicyclic) bond motifs is 1. The van der Waals surface area contributed by atoms with Gasteiger partial charge in [-0.2, -0.15) is 30.6 Å². The Hall–Kier alpha value is -3.25. The highest BCUT2D eigenvalue weighted by Gasteiger charge is 2.39. The molecule has 1 aliphatic rings. The molecule has 0 spiro atoms. The maximum Gasteiger partial charge on any atom is 0.490 e. The molecule has 0 aromatic carbocycles. The van der Waals surface area contributed by atoms with Crippen molar-refractivity contribution in [1.29, 1.82) is 0 Å². The fourth-order valence-electron chi connectivity index (χ4n) is 2.74. The molecule has 0 unspecified atom stereocenters. The molecule has 2 N–H and O–H groups in total. The molecule has 208 valence electrons. The average molecular weight is 564 g/mol. The maximum atomic E-state index is 12.7. The van der Waals surface area contributed by atoms with Crippen LogP contribution >= 0.6 is 0 Å². The lowest BCUT2D eigenvalue weighted by atomic mass is 9.99. The lowest BCUT2D eigenvalue weighted by molar-refractivity contribution is -0.193. The summed E-state index contributed by atoms with van der Waals surface area (Å²) < 4.78 is 97.4. The third kappa shape index (κ3) is 9.62. The van der Waals surface area contributed by atoms with Gasteiger partial charge in [0.15, 0.2) is 5.03 Å². The first-order valence-corrected chi connectivity index (χ1v) is 11.5. The van der Waals surface area contributed by atoms with Gasteiger partial charge in [-0.05, 0) is 30.0 Å². The van der Waals surface area contributed by atoms with E-state index in [1.165, 1.54) is 16.8 Å². The van der Waals surface area contributed by atoms with Gasteiger partial charge in [-0.3, -0.25) is 4.98 Å². The van der Waals surface area contributed by atoms with Gasteiger partial charge in [0.25, 0.3) is 10.0 Å². The molecule has 0 bridgehead atoms. The average Bonchev–Trinajstić information content (AvgIpc) is 3.24. The number of aliphatic carboxylic acids is 2. The van der Waals surface area contributed by atoms with Crippen LogP contribution in [0.25, 0.3) is 0 Å². The van der Waals surface area contributed by atoms with Crippen LogP contribution in [0.4, 0.5) is 26.3 Å². The van der Waals surface area contributed by atoms with Crippen molar-refractivity contribution in [3.8, 4) is 0 Å². The number of carboxylic acid groups (broad SMARTS) is 2. The molecule has 2 aromatic heterocycles. The van der Waals surface area contributed by atoms with Crippen molar-refractivity contribution in [1.82, 2.24) is 18.8 Å². The van der Waals surface area contributed by atoms with Gasteiger partial charge in [-0.25, -0.2) is 23.0 Å². The van der Waals surface area contributed by atoms with Gasteiger partial charge < -0.3 is 19.5 Å². The van der Waals surface area contributed by atoms with Crippen molar-refractivity contribution in [3.63, 3.8) is 0 Å². The minimum Gasteiger partial charge on any atom is -0.475 e. The molecule has 3 heterocycles. The highest BCUT2D eigenvalue weighted by molar-refractivity contribution is 7.89. The summed E-state index contributed by atoms with van der Waals surface area (Å²) in [4.78, 5) is 26.0. The van der Waals surface area contributed by atoms with Crippen molar-refractivity contribution in [2.24, 2.45) is 7.05 Å². The van der Waals surface area contributed by atoms with E-state index in [0.717, 1.165) is 16.7 Å². The molecule has 37 heavy (non-hydrogen) atoms. The van der Waals surface area contributed by atoms with Gasteiger partial charge in [0, 0.05) is 45.3 Å². The molecular weight excluding hydrogens is 542 g/mol. The SMILES string of the molecule is CCOCc1cncc2c1CCN(S(=O)(=O)c1cn(C)cn1)C2.O=C(O)C(F)(F)F.O=C(O)C(F)(F)F. The van der Waals surface area contributed by atoms with Crippen molar-refractivity contribution >= 4 is 22.0 Å². The number of pyridine rings is 1. The van der Waals surface area contributed by atoms with E-state index in [4.69, 9.17) is 24.5 Å². The van der Waals surface area contributed by atoms with E-state index in [-0.39, 0.29) is 5.03 Å². The number of carboxylic acids is 2. The largest absolute Gasteiger partial charge is 0.490 e. The molecular formula is C19H22F6N4O7S. The van der Waals surface area contributed by atoms with Gasteiger partial charge in [0.2, 0.25) is 0 Å². The minimum atomic E-state index is -5.08. The minimum absolute atomic E-state index is 0.0851. The third-order valence-corrected chi connectivity index (χ3v) is 6.16. The quantitative estimate of drug-likeness (QED) is 0.522. The highest BCUT2D eigenvalue weighted by Crippen LogP contribution is 2.26. The Balaban J connectivity index is 0.000000404. The van der Waals surface area contributed by atoms with Crippen molar-refractivity contribution < 1.29 is 59.3 Å². The Morgan fingerprint density at radius 1 is 1.08 bits per heavy atom. The third-order valence-electron chi connectivity index (χ3n) is 4.43. The second-order valence-corrected chi connectivity index (χ2v) is 9.03. The number of imidazole rings is 1. The van der Waals surface area contributed by atoms with Crippen LogP contribution in [0.5, 0.6) is 0 Å². The number of hydrogen-bond donors (Lipinski definition) is 2. The molecule has 0 amide bonds. The second-order valence-electron chi connectivity index (χ2n) is 7.15. The van der Waals surface area contributed by atoms with Crippen molar-refractivity contribution in [2.75, 3.05) is 13.2 Å². The second kappa shape index (κ2) is 12.8.